The lowest BCUT2D eigenvalue weighted by molar-refractivity contribution is 0.100. The van der Waals surface area contributed by atoms with Crippen molar-refractivity contribution in [1.29, 1.82) is 0 Å². The summed E-state index contributed by atoms with van der Waals surface area (Å²) in [6.45, 7) is 0. The summed E-state index contributed by atoms with van der Waals surface area (Å²) in [5, 5.41) is 0.981. The molecular formula is C18H17N3O2. The molecule has 0 radical (unpaired) electrons. The number of rotatable bonds is 2. The highest BCUT2D eigenvalue weighted by molar-refractivity contribution is 6.00. The van der Waals surface area contributed by atoms with Crippen LogP contribution < -0.4 is 5.73 Å². The Bertz CT molecular complexity index is 892. The van der Waals surface area contributed by atoms with Crippen LogP contribution in [-0.4, -0.2) is 35.5 Å². The second-order valence-corrected chi connectivity index (χ2v) is 5.54. The Morgan fingerprint density at radius 1 is 1.00 bits per heavy atom. The van der Waals surface area contributed by atoms with Crippen LogP contribution in [0, 0.1) is 0 Å². The molecule has 0 atom stereocenters. The van der Waals surface area contributed by atoms with E-state index in [1.54, 1.807) is 37.0 Å². The number of hydrogen-bond acceptors (Lipinski definition) is 2. The summed E-state index contributed by atoms with van der Waals surface area (Å²) in [6, 6.07) is 14.8. The number of nitrogens with zero attached hydrogens (tertiary/aromatic N) is 2. The molecule has 0 aliphatic rings. The molecule has 0 saturated carbocycles. The summed E-state index contributed by atoms with van der Waals surface area (Å²) < 4.78 is 1.62. The van der Waals surface area contributed by atoms with Crippen molar-refractivity contribution in [2.45, 2.75) is 0 Å². The molecule has 2 amide bonds. The molecule has 0 bridgehead atoms. The Hall–Kier alpha value is -3.08. The van der Waals surface area contributed by atoms with E-state index in [4.69, 9.17) is 5.73 Å². The molecule has 5 nitrogen and oxygen atoms in total. The molecule has 2 aromatic carbocycles. The topological polar surface area (TPSA) is 68.3 Å². The van der Waals surface area contributed by atoms with Crippen molar-refractivity contribution >= 4 is 22.8 Å². The molecule has 0 spiro atoms. The first-order chi connectivity index (χ1) is 11.0. The largest absolute Gasteiger partial charge is 0.366 e. The summed E-state index contributed by atoms with van der Waals surface area (Å²) in [5.74, 6) is -0.447. The van der Waals surface area contributed by atoms with Gasteiger partial charge in [0.2, 0.25) is 5.91 Å². The van der Waals surface area contributed by atoms with E-state index < -0.39 is 5.91 Å². The van der Waals surface area contributed by atoms with Crippen molar-refractivity contribution < 1.29 is 9.59 Å². The van der Waals surface area contributed by atoms with E-state index in [0.717, 1.165) is 22.0 Å². The first-order valence-electron chi connectivity index (χ1n) is 7.21. The van der Waals surface area contributed by atoms with E-state index in [2.05, 4.69) is 0 Å². The van der Waals surface area contributed by atoms with Gasteiger partial charge in [-0.25, -0.2) is 4.79 Å². The Balaban J connectivity index is 2.12. The number of amides is 2. The van der Waals surface area contributed by atoms with E-state index in [0.29, 0.717) is 5.56 Å². The quantitative estimate of drug-likeness (QED) is 0.791. The Labute approximate surface area is 133 Å². The lowest BCUT2D eigenvalue weighted by Gasteiger charge is -2.12. The number of fused-ring (bicyclic) bond motifs is 1. The second kappa shape index (κ2) is 5.61. The Morgan fingerprint density at radius 2 is 1.70 bits per heavy atom. The van der Waals surface area contributed by atoms with Crippen molar-refractivity contribution in [1.82, 2.24) is 9.47 Å². The first-order valence-corrected chi connectivity index (χ1v) is 7.21. The molecule has 0 saturated heterocycles. The van der Waals surface area contributed by atoms with Gasteiger partial charge in [-0.2, -0.15) is 0 Å². The van der Waals surface area contributed by atoms with Gasteiger partial charge in [-0.05, 0) is 35.4 Å². The van der Waals surface area contributed by atoms with Crippen molar-refractivity contribution in [3.05, 3.63) is 60.3 Å². The van der Waals surface area contributed by atoms with Gasteiger partial charge in [0.1, 0.15) is 0 Å². The van der Waals surface area contributed by atoms with Crippen molar-refractivity contribution in [3.8, 4) is 11.1 Å². The highest BCUT2D eigenvalue weighted by Gasteiger charge is 2.13. The minimum absolute atomic E-state index is 0.0961. The fourth-order valence-corrected chi connectivity index (χ4v) is 2.62. The monoisotopic (exact) mass is 307 g/mol. The summed E-state index contributed by atoms with van der Waals surface area (Å²) in [7, 11) is 3.45. The predicted octanol–water partition coefficient (Wildman–Crippen LogP) is 2.94. The molecule has 0 fully saturated rings. The molecule has 1 heterocycles. The molecule has 23 heavy (non-hydrogen) atoms. The lowest BCUT2D eigenvalue weighted by atomic mass is 10.0. The normalized spacial score (nSPS) is 10.7. The zero-order valence-corrected chi connectivity index (χ0v) is 13.0. The number of primary amides is 1. The van der Waals surface area contributed by atoms with Crippen LogP contribution in [0.1, 0.15) is 10.4 Å². The van der Waals surface area contributed by atoms with Crippen LogP contribution >= 0.6 is 0 Å². The molecule has 0 aliphatic heterocycles. The molecule has 0 aliphatic carbocycles. The zero-order chi connectivity index (χ0) is 16.6. The minimum atomic E-state index is -0.447. The minimum Gasteiger partial charge on any atom is -0.366 e. The van der Waals surface area contributed by atoms with Crippen LogP contribution in [0.15, 0.2) is 54.7 Å². The molecule has 2 N–H and O–H groups in total. The van der Waals surface area contributed by atoms with Gasteiger partial charge in [0, 0.05) is 31.2 Å². The van der Waals surface area contributed by atoms with Gasteiger partial charge in [-0.15, -0.1) is 0 Å². The van der Waals surface area contributed by atoms with E-state index in [-0.39, 0.29) is 6.03 Å². The third-order valence-electron chi connectivity index (χ3n) is 3.80. The maximum Gasteiger partial charge on any atom is 0.328 e. The van der Waals surface area contributed by atoms with Crippen LogP contribution in [0.25, 0.3) is 22.0 Å². The van der Waals surface area contributed by atoms with Gasteiger partial charge in [0.05, 0.1) is 5.52 Å². The van der Waals surface area contributed by atoms with E-state index in [1.165, 1.54) is 4.90 Å². The fourth-order valence-electron chi connectivity index (χ4n) is 2.62. The third-order valence-corrected chi connectivity index (χ3v) is 3.80. The van der Waals surface area contributed by atoms with E-state index >= 15 is 0 Å². The lowest BCUT2D eigenvalue weighted by Crippen LogP contribution is -2.26. The van der Waals surface area contributed by atoms with E-state index in [9.17, 15) is 9.59 Å². The smallest absolute Gasteiger partial charge is 0.328 e. The average Bonchev–Trinajstić information content (AvgIpc) is 2.98. The maximum absolute atomic E-state index is 12.2. The molecule has 3 aromatic rings. The summed E-state index contributed by atoms with van der Waals surface area (Å²) in [4.78, 5) is 24.9. The zero-order valence-electron chi connectivity index (χ0n) is 13.0. The van der Waals surface area contributed by atoms with Crippen LogP contribution in [0.3, 0.4) is 0 Å². The summed E-state index contributed by atoms with van der Waals surface area (Å²) in [5.41, 5.74) is 8.57. The SMILES string of the molecule is CN(C)C(=O)n1ccc2c(-c3ccc(C(N)=O)cc3)cccc21. The van der Waals surface area contributed by atoms with Crippen LogP contribution in [0.4, 0.5) is 4.79 Å². The highest BCUT2D eigenvalue weighted by atomic mass is 16.2. The molecule has 116 valence electrons. The standard InChI is InChI=1S/C18H17N3O2/c1-20(2)18(23)21-11-10-15-14(4-3-5-16(15)21)12-6-8-13(9-7-12)17(19)22/h3-11H,1-2H3,(H2,19,22). The van der Waals surface area contributed by atoms with Gasteiger partial charge in [0.15, 0.2) is 0 Å². The number of benzene rings is 2. The molecule has 1 aromatic heterocycles. The van der Waals surface area contributed by atoms with Crippen LogP contribution in [0.2, 0.25) is 0 Å². The van der Waals surface area contributed by atoms with Gasteiger partial charge in [0.25, 0.3) is 0 Å². The highest BCUT2D eigenvalue weighted by Crippen LogP contribution is 2.29. The number of nitrogens with two attached hydrogens (primary N) is 1. The molecule has 0 unspecified atom stereocenters. The number of aromatic nitrogens is 1. The third kappa shape index (κ3) is 2.57. The predicted molar refractivity (Wildman–Crippen MR) is 90.4 cm³/mol. The number of hydrogen-bond donors (Lipinski definition) is 1. The average molecular weight is 307 g/mol. The number of carbonyl (C=O) groups excluding carboxylic acids is 2. The first kappa shape index (κ1) is 14.8. The van der Waals surface area contributed by atoms with Crippen LogP contribution in [-0.2, 0) is 0 Å². The Morgan fingerprint density at radius 3 is 2.30 bits per heavy atom. The van der Waals surface area contributed by atoms with Crippen molar-refractivity contribution in [2.24, 2.45) is 5.73 Å². The van der Waals surface area contributed by atoms with Crippen molar-refractivity contribution in [2.75, 3.05) is 14.1 Å². The molecule has 5 heteroatoms. The van der Waals surface area contributed by atoms with Crippen molar-refractivity contribution in [3.63, 3.8) is 0 Å². The second-order valence-electron chi connectivity index (χ2n) is 5.54. The van der Waals surface area contributed by atoms with Gasteiger partial charge in [-0.3, -0.25) is 9.36 Å². The summed E-state index contributed by atoms with van der Waals surface area (Å²) in [6.07, 6.45) is 1.77. The van der Waals surface area contributed by atoms with Gasteiger partial charge in [-0.1, -0.05) is 24.3 Å². The number of carbonyl (C=O) groups is 2. The fraction of sp³-hybridized carbons (Fsp3) is 0.111. The summed E-state index contributed by atoms with van der Waals surface area (Å²) >= 11 is 0. The van der Waals surface area contributed by atoms with Gasteiger partial charge < -0.3 is 10.6 Å². The maximum atomic E-state index is 12.2. The molecule has 3 rings (SSSR count). The molecular weight excluding hydrogens is 290 g/mol. The van der Waals surface area contributed by atoms with Gasteiger partial charge >= 0.3 is 6.03 Å². The Kier molecular flexibility index (Phi) is 3.62. The van der Waals surface area contributed by atoms with Crippen LogP contribution in [0.5, 0.6) is 0 Å². The van der Waals surface area contributed by atoms with E-state index in [1.807, 2.05) is 36.4 Å².